The summed E-state index contributed by atoms with van der Waals surface area (Å²) in [4.78, 5) is 28.9. The molecular weight excluding hydrogens is 414 g/mol. The van der Waals surface area contributed by atoms with Gasteiger partial charge in [-0.2, -0.15) is 0 Å². The van der Waals surface area contributed by atoms with Gasteiger partial charge in [-0.3, -0.25) is 9.59 Å². The number of hydrogen-bond donors (Lipinski definition) is 0. The quantitative estimate of drug-likeness (QED) is 0.429. The van der Waals surface area contributed by atoms with Crippen LogP contribution in [-0.2, 0) is 6.42 Å². The summed E-state index contributed by atoms with van der Waals surface area (Å²) in [6.45, 7) is 4.42. The van der Waals surface area contributed by atoms with Crippen molar-refractivity contribution in [2.75, 3.05) is 13.7 Å². The molecule has 0 saturated heterocycles. The molecule has 1 aromatic heterocycles. The average Bonchev–Trinajstić information content (AvgIpc) is 3.11. The van der Waals surface area contributed by atoms with Gasteiger partial charge in [0.15, 0.2) is 5.43 Å². The Morgan fingerprint density at radius 2 is 1.61 bits per heavy atom. The van der Waals surface area contributed by atoms with Gasteiger partial charge < -0.3 is 14.1 Å². The van der Waals surface area contributed by atoms with E-state index in [-0.39, 0.29) is 17.1 Å². The second-order valence-corrected chi connectivity index (χ2v) is 8.58. The van der Waals surface area contributed by atoms with Gasteiger partial charge in [0.25, 0.3) is 5.91 Å². The molecule has 0 fully saturated rings. The Morgan fingerprint density at radius 3 is 2.30 bits per heavy atom. The van der Waals surface area contributed by atoms with Crippen molar-refractivity contribution in [2.45, 2.75) is 26.3 Å². The van der Waals surface area contributed by atoms with Crippen LogP contribution in [0.5, 0.6) is 5.75 Å². The Bertz CT molecular complexity index is 1400. The van der Waals surface area contributed by atoms with Gasteiger partial charge in [-0.1, -0.05) is 53.6 Å². The molecule has 2 heterocycles. The number of benzene rings is 3. The molecule has 0 aliphatic carbocycles. The van der Waals surface area contributed by atoms with Crippen LogP contribution in [-0.4, -0.2) is 24.5 Å². The summed E-state index contributed by atoms with van der Waals surface area (Å²) >= 11 is 0. The van der Waals surface area contributed by atoms with Crippen molar-refractivity contribution in [3.63, 3.8) is 0 Å². The van der Waals surface area contributed by atoms with Crippen molar-refractivity contribution in [3.05, 3.63) is 111 Å². The van der Waals surface area contributed by atoms with E-state index in [1.165, 1.54) is 0 Å². The van der Waals surface area contributed by atoms with E-state index in [1.807, 2.05) is 74.5 Å². The second-order valence-electron chi connectivity index (χ2n) is 8.58. The minimum absolute atomic E-state index is 0.138. The predicted octanol–water partition coefficient (Wildman–Crippen LogP) is 5.21. The maximum absolute atomic E-state index is 13.6. The molecule has 1 aliphatic rings. The van der Waals surface area contributed by atoms with Crippen LogP contribution in [0.2, 0.25) is 0 Å². The van der Waals surface area contributed by atoms with Crippen molar-refractivity contribution in [1.29, 1.82) is 0 Å². The average molecular weight is 440 g/mol. The number of methoxy groups -OCH3 is 1. The molecule has 0 N–H and O–H groups in total. The first-order valence-electron chi connectivity index (χ1n) is 11.0. The van der Waals surface area contributed by atoms with E-state index in [0.29, 0.717) is 29.5 Å². The second kappa shape index (κ2) is 8.24. The van der Waals surface area contributed by atoms with E-state index >= 15 is 0 Å². The molecule has 1 aliphatic heterocycles. The largest absolute Gasteiger partial charge is 0.497 e. The van der Waals surface area contributed by atoms with Gasteiger partial charge in [0.2, 0.25) is 5.76 Å². The first kappa shape index (κ1) is 21.0. The van der Waals surface area contributed by atoms with Crippen LogP contribution in [0.1, 0.15) is 44.4 Å². The summed E-state index contributed by atoms with van der Waals surface area (Å²) in [5, 5.41) is 0.510. The molecule has 0 spiro atoms. The van der Waals surface area contributed by atoms with E-state index in [1.54, 1.807) is 18.1 Å². The van der Waals surface area contributed by atoms with Crippen LogP contribution in [0.3, 0.4) is 0 Å². The molecule has 4 aromatic rings. The zero-order chi connectivity index (χ0) is 23.1. The van der Waals surface area contributed by atoms with E-state index in [4.69, 9.17) is 9.15 Å². The topological polar surface area (TPSA) is 59.8 Å². The number of rotatable bonds is 5. The highest BCUT2D eigenvalue weighted by Gasteiger charge is 2.42. The molecule has 0 radical (unpaired) electrons. The Labute approximate surface area is 192 Å². The number of carbonyl (C=O) groups is 1. The standard InChI is InChI=1S/C28H25NO4/c1-17-4-9-20(10-5-17)25-24-26(30)22-16-18(2)6-13-23(22)33-27(24)28(31)29(25)15-14-19-7-11-21(32-3)12-8-19/h4-13,16,25H,14-15H2,1-3H3/t25-/m1/s1. The fraction of sp³-hybridized carbons (Fsp3) is 0.214. The minimum Gasteiger partial charge on any atom is -0.497 e. The van der Waals surface area contributed by atoms with Crippen LogP contribution < -0.4 is 10.2 Å². The third-order valence-corrected chi connectivity index (χ3v) is 6.31. The zero-order valence-corrected chi connectivity index (χ0v) is 18.9. The highest BCUT2D eigenvalue weighted by Crippen LogP contribution is 2.38. The minimum atomic E-state index is -0.479. The van der Waals surface area contributed by atoms with Crippen LogP contribution in [0.4, 0.5) is 0 Å². The van der Waals surface area contributed by atoms with Gasteiger partial charge in [-0.15, -0.1) is 0 Å². The van der Waals surface area contributed by atoms with Gasteiger partial charge >= 0.3 is 0 Å². The van der Waals surface area contributed by atoms with E-state index in [2.05, 4.69) is 0 Å². The first-order valence-corrected chi connectivity index (χ1v) is 11.0. The smallest absolute Gasteiger partial charge is 0.290 e. The Hall–Kier alpha value is -3.86. The first-order chi connectivity index (χ1) is 16.0. The van der Waals surface area contributed by atoms with E-state index < -0.39 is 6.04 Å². The molecule has 1 amide bonds. The molecule has 0 saturated carbocycles. The summed E-state index contributed by atoms with van der Waals surface area (Å²) in [7, 11) is 1.64. The summed E-state index contributed by atoms with van der Waals surface area (Å²) < 4.78 is 11.3. The predicted molar refractivity (Wildman–Crippen MR) is 128 cm³/mol. The van der Waals surface area contributed by atoms with Crippen molar-refractivity contribution in [2.24, 2.45) is 0 Å². The van der Waals surface area contributed by atoms with Crippen molar-refractivity contribution in [1.82, 2.24) is 4.90 Å². The zero-order valence-electron chi connectivity index (χ0n) is 18.9. The molecular formula is C28H25NO4. The molecule has 5 heteroatoms. The number of ether oxygens (including phenoxy) is 1. The van der Waals surface area contributed by atoms with Gasteiger partial charge in [0, 0.05) is 6.54 Å². The van der Waals surface area contributed by atoms with E-state index in [0.717, 1.165) is 28.0 Å². The maximum atomic E-state index is 13.6. The monoisotopic (exact) mass is 439 g/mol. The molecule has 5 rings (SSSR count). The number of amides is 1. The third kappa shape index (κ3) is 3.69. The SMILES string of the molecule is COc1ccc(CCN2C(=O)c3oc4ccc(C)cc4c(=O)c3[C@H]2c2ccc(C)cc2)cc1. The molecule has 1 atom stereocenters. The third-order valence-electron chi connectivity index (χ3n) is 6.31. The van der Waals surface area contributed by atoms with Gasteiger partial charge in [-0.25, -0.2) is 0 Å². The van der Waals surface area contributed by atoms with Gasteiger partial charge in [0.05, 0.1) is 24.1 Å². The summed E-state index contributed by atoms with van der Waals surface area (Å²) in [6.07, 6.45) is 0.652. The molecule has 3 aromatic carbocycles. The maximum Gasteiger partial charge on any atom is 0.290 e. The Kier molecular flexibility index (Phi) is 5.25. The van der Waals surface area contributed by atoms with Crippen LogP contribution in [0.25, 0.3) is 11.0 Å². The molecule has 33 heavy (non-hydrogen) atoms. The summed E-state index contributed by atoms with van der Waals surface area (Å²) in [5.74, 6) is 0.693. The lowest BCUT2D eigenvalue weighted by atomic mass is 9.97. The van der Waals surface area contributed by atoms with E-state index in [9.17, 15) is 9.59 Å². The highest BCUT2D eigenvalue weighted by molar-refractivity contribution is 5.99. The number of nitrogens with zero attached hydrogens (tertiary/aromatic N) is 1. The van der Waals surface area contributed by atoms with Crippen molar-refractivity contribution in [3.8, 4) is 5.75 Å². The number of hydrogen-bond acceptors (Lipinski definition) is 4. The lowest BCUT2D eigenvalue weighted by molar-refractivity contribution is 0.0730. The van der Waals surface area contributed by atoms with Gasteiger partial charge in [-0.05, 0) is 55.7 Å². The normalized spacial score (nSPS) is 15.2. The fourth-order valence-electron chi connectivity index (χ4n) is 4.50. The summed E-state index contributed by atoms with van der Waals surface area (Å²) in [5.41, 5.74) is 4.82. The van der Waals surface area contributed by atoms with Crippen LogP contribution >= 0.6 is 0 Å². The highest BCUT2D eigenvalue weighted by atomic mass is 16.5. The lowest BCUT2D eigenvalue weighted by Gasteiger charge is -2.25. The number of carbonyl (C=O) groups excluding carboxylic acids is 1. The Balaban J connectivity index is 1.60. The van der Waals surface area contributed by atoms with Crippen molar-refractivity contribution >= 4 is 16.9 Å². The molecule has 0 unspecified atom stereocenters. The fourth-order valence-corrected chi connectivity index (χ4v) is 4.50. The number of aryl methyl sites for hydroxylation is 2. The molecule has 5 nitrogen and oxygen atoms in total. The van der Waals surface area contributed by atoms with Crippen molar-refractivity contribution < 1.29 is 13.9 Å². The Morgan fingerprint density at radius 1 is 0.909 bits per heavy atom. The van der Waals surface area contributed by atoms with Crippen LogP contribution in [0.15, 0.2) is 75.9 Å². The van der Waals surface area contributed by atoms with Gasteiger partial charge in [0.1, 0.15) is 11.3 Å². The molecule has 166 valence electrons. The summed E-state index contributed by atoms with van der Waals surface area (Å²) in [6, 6.07) is 20.8. The molecule has 0 bridgehead atoms. The van der Waals surface area contributed by atoms with Crippen LogP contribution in [0, 0.1) is 13.8 Å². The lowest BCUT2D eigenvalue weighted by Crippen LogP contribution is -2.31. The number of fused-ring (bicyclic) bond motifs is 2.